The van der Waals surface area contributed by atoms with Crippen LogP contribution >= 0.6 is 0 Å². The van der Waals surface area contributed by atoms with Gasteiger partial charge in [0.15, 0.2) is 0 Å². The van der Waals surface area contributed by atoms with Gasteiger partial charge in [-0.2, -0.15) is 17.0 Å². The molecule has 1 unspecified atom stereocenters. The maximum Gasteiger partial charge on any atom is 0.281 e. The molecule has 0 aliphatic carbocycles. The van der Waals surface area contributed by atoms with Crippen LogP contribution in [0.2, 0.25) is 0 Å². The van der Waals surface area contributed by atoms with Gasteiger partial charge in [-0.15, -0.1) is 0 Å². The van der Waals surface area contributed by atoms with E-state index in [1.165, 1.54) is 19.3 Å². The van der Waals surface area contributed by atoms with Crippen LogP contribution in [-0.4, -0.2) is 55.8 Å². The third-order valence-corrected chi connectivity index (χ3v) is 7.17. The first-order valence-electron chi connectivity index (χ1n) is 8.16. The summed E-state index contributed by atoms with van der Waals surface area (Å²) in [7, 11) is -3.19. The zero-order valence-electron chi connectivity index (χ0n) is 12.3. The number of nitrogens with zero attached hydrogens (tertiary/aromatic N) is 2. The van der Waals surface area contributed by atoms with E-state index >= 15 is 0 Å². The molecule has 0 amide bonds. The molecule has 5 nitrogen and oxygen atoms in total. The predicted octanol–water partition coefficient (Wildman–Crippen LogP) is 1.18. The third-order valence-electron chi connectivity index (χ3n) is 5.13. The minimum atomic E-state index is -3.19. The van der Waals surface area contributed by atoms with Gasteiger partial charge in [0.2, 0.25) is 0 Å². The number of nitrogens with one attached hydrogen (secondary N) is 1. The van der Waals surface area contributed by atoms with Crippen molar-refractivity contribution >= 4 is 10.2 Å². The Morgan fingerprint density at radius 1 is 0.800 bits per heavy atom. The highest BCUT2D eigenvalue weighted by Gasteiger charge is 2.35. The van der Waals surface area contributed by atoms with Crippen LogP contribution in [0.15, 0.2) is 0 Å². The van der Waals surface area contributed by atoms with Crippen LogP contribution in [0, 0.1) is 5.92 Å². The van der Waals surface area contributed by atoms with Gasteiger partial charge in [0.05, 0.1) is 0 Å². The Kier molecular flexibility index (Phi) is 4.65. The first-order valence-corrected chi connectivity index (χ1v) is 9.56. The Labute approximate surface area is 122 Å². The maximum atomic E-state index is 12.6. The van der Waals surface area contributed by atoms with Gasteiger partial charge < -0.3 is 5.32 Å². The van der Waals surface area contributed by atoms with Crippen LogP contribution in [-0.2, 0) is 10.2 Å². The molecule has 3 fully saturated rings. The third kappa shape index (κ3) is 3.03. The molecule has 0 radical (unpaired) electrons. The van der Waals surface area contributed by atoms with E-state index in [9.17, 15) is 8.42 Å². The van der Waals surface area contributed by atoms with Crippen LogP contribution in [0.5, 0.6) is 0 Å². The normalized spacial score (nSPS) is 31.7. The van der Waals surface area contributed by atoms with Crippen molar-refractivity contribution in [2.45, 2.75) is 51.0 Å². The van der Waals surface area contributed by atoms with Crippen LogP contribution < -0.4 is 5.32 Å². The predicted molar refractivity (Wildman–Crippen MR) is 79.7 cm³/mol. The second-order valence-electron chi connectivity index (χ2n) is 6.41. The smallest absolute Gasteiger partial charge is 0.281 e. The zero-order valence-corrected chi connectivity index (χ0v) is 13.1. The van der Waals surface area contributed by atoms with E-state index in [1.54, 1.807) is 8.61 Å². The van der Waals surface area contributed by atoms with E-state index in [2.05, 4.69) is 5.32 Å². The Bertz CT molecular complexity index is 406. The van der Waals surface area contributed by atoms with E-state index in [0.29, 0.717) is 38.1 Å². The van der Waals surface area contributed by atoms with E-state index in [1.807, 2.05) is 0 Å². The van der Waals surface area contributed by atoms with Crippen LogP contribution in [0.3, 0.4) is 0 Å². The molecule has 0 aromatic rings. The van der Waals surface area contributed by atoms with Crippen molar-refractivity contribution in [1.82, 2.24) is 13.9 Å². The van der Waals surface area contributed by atoms with E-state index < -0.39 is 10.2 Å². The molecule has 20 heavy (non-hydrogen) atoms. The average Bonchev–Trinajstić information content (AvgIpc) is 3.02. The quantitative estimate of drug-likeness (QED) is 0.852. The molecule has 3 aliphatic heterocycles. The van der Waals surface area contributed by atoms with Gasteiger partial charge in [0.1, 0.15) is 0 Å². The Morgan fingerprint density at radius 2 is 1.45 bits per heavy atom. The Balaban J connectivity index is 1.56. The lowest BCUT2D eigenvalue weighted by atomic mass is 9.89. The SMILES string of the molecule is O=S(=O)(N1CCCCC1)N1CCC(C2CCCN2)CC1. The summed E-state index contributed by atoms with van der Waals surface area (Å²) >= 11 is 0. The first kappa shape index (κ1) is 14.8. The summed E-state index contributed by atoms with van der Waals surface area (Å²) in [5, 5.41) is 3.56. The van der Waals surface area contributed by atoms with Gasteiger partial charge in [-0.05, 0) is 51.0 Å². The lowest BCUT2D eigenvalue weighted by molar-refractivity contribution is 0.217. The molecular formula is C14H27N3O2S. The fourth-order valence-electron chi connectivity index (χ4n) is 3.88. The molecule has 116 valence electrons. The summed E-state index contributed by atoms with van der Waals surface area (Å²) < 4.78 is 28.6. The summed E-state index contributed by atoms with van der Waals surface area (Å²) in [4.78, 5) is 0. The fraction of sp³-hybridized carbons (Fsp3) is 1.00. The number of rotatable bonds is 3. The van der Waals surface area contributed by atoms with Crippen LogP contribution in [0.1, 0.15) is 44.9 Å². The zero-order chi connectivity index (χ0) is 14.0. The molecule has 0 saturated carbocycles. The standard InChI is InChI=1S/C14H27N3O2S/c18-20(19,16-9-2-1-3-10-16)17-11-6-13(7-12-17)14-5-4-8-15-14/h13-15H,1-12H2. The van der Waals surface area contributed by atoms with Crippen molar-refractivity contribution in [1.29, 1.82) is 0 Å². The van der Waals surface area contributed by atoms with E-state index in [0.717, 1.165) is 32.2 Å². The molecule has 0 bridgehead atoms. The van der Waals surface area contributed by atoms with Gasteiger partial charge in [-0.1, -0.05) is 6.42 Å². The largest absolute Gasteiger partial charge is 0.314 e. The lowest BCUT2D eigenvalue weighted by Crippen LogP contribution is -2.50. The Hall–Kier alpha value is -0.170. The van der Waals surface area contributed by atoms with Crippen molar-refractivity contribution in [3.63, 3.8) is 0 Å². The average molecular weight is 301 g/mol. The second-order valence-corrected chi connectivity index (χ2v) is 8.34. The molecule has 1 atom stereocenters. The highest BCUT2D eigenvalue weighted by atomic mass is 32.2. The molecule has 6 heteroatoms. The highest BCUT2D eigenvalue weighted by molar-refractivity contribution is 7.86. The van der Waals surface area contributed by atoms with Crippen LogP contribution in [0.4, 0.5) is 0 Å². The molecule has 3 heterocycles. The molecule has 0 aromatic heterocycles. The monoisotopic (exact) mass is 301 g/mol. The second kappa shape index (κ2) is 6.30. The minimum Gasteiger partial charge on any atom is -0.314 e. The van der Waals surface area contributed by atoms with Crippen molar-refractivity contribution in [2.24, 2.45) is 5.92 Å². The minimum absolute atomic E-state index is 0.634. The summed E-state index contributed by atoms with van der Waals surface area (Å²) in [6.45, 7) is 3.99. The molecular weight excluding hydrogens is 274 g/mol. The lowest BCUT2D eigenvalue weighted by Gasteiger charge is -2.37. The fourth-order valence-corrected chi connectivity index (χ4v) is 5.60. The molecule has 0 spiro atoms. The summed E-state index contributed by atoms with van der Waals surface area (Å²) in [6, 6.07) is 0.634. The number of piperidine rings is 2. The molecule has 1 N–H and O–H groups in total. The van der Waals surface area contributed by atoms with Crippen LogP contribution in [0.25, 0.3) is 0 Å². The maximum absolute atomic E-state index is 12.6. The summed E-state index contributed by atoms with van der Waals surface area (Å²) in [5.74, 6) is 0.672. The van der Waals surface area contributed by atoms with E-state index in [4.69, 9.17) is 0 Å². The Morgan fingerprint density at radius 3 is 2.05 bits per heavy atom. The van der Waals surface area contributed by atoms with Gasteiger partial charge in [-0.3, -0.25) is 0 Å². The molecule has 3 saturated heterocycles. The number of hydrogen-bond acceptors (Lipinski definition) is 3. The van der Waals surface area contributed by atoms with Crippen molar-refractivity contribution in [3.05, 3.63) is 0 Å². The topological polar surface area (TPSA) is 52.7 Å². The van der Waals surface area contributed by atoms with Gasteiger partial charge in [0.25, 0.3) is 10.2 Å². The van der Waals surface area contributed by atoms with Crippen molar-refractivity contribution < 1.29 is 8.42 Å². The van der Waals surface area contributed by atoms with Crippen molar-refractivity contribution in [3.8, 4) is 0 Å². The summed E-state index contributed by atoms with van der Waals surface area (Å²) in [5.41, 5.74) is 0. The van der Waals surface area contributed by atoms with E-state index in [-0.39, 0.29) is 0 Å². The summed E-state index contributed by atoms with van der Waals surface area (Å²) in [6.07, 6.45) is 7.78. The van der Waals surface area contributed by atoms with Gasteiger partial charge in [0, 0.05) is 32.2 Å². The number of hydrogen-bond donors (Lipinski definition) is 1. The van der Waals surface area contributed by atoms with Gasteiger partial charge >= 0.3 is 0 Å². The molecule has 3 rings (SSSR count). The molecule has 3 aliphatic rings. The van der Waals surface area contributed by atoms with Crippen molar-refractivity contribution in [2.75, 3.05) is 32.7 Å². The molecule has 0 aromatic carbocycles. The highest BCUT2D eigenvalue weighted by Crippen LogP contribution is 2.28. The van der Waals surface area contributed by atoms with Gasteiger partial charge in [-0.25, -0.2) is 0 Å². The first-order chi connectivity index (χ1) is 9.68.